The van der Waals surface area contributed by atoms with Gasteiger partial charge in [-0.2, -0.15) is 13.2 Å². The summed E-state index contributed by atoms with van der Waals surface area (Å²) in [6.45, 7) is -0.444. The Labute approximate surface area is 148 Å². The second-order valence-electron chi connectivity index (χ2n) is 4.96. The summed E-state index contributed by atoms with van der Waals surface area (Å²) in [6, 6.07) is 8.04. The fourth-order valence-corrected chi connectivity index (χ4v) is 2.30. The van der Waals surface area contributed by atoms with Crippen molar-refractivity contribution in [3.05, 3.63) is 58.3 Å². The van der Waals surface area contributed by atoms with Gasteiger partial charge in [-0.15, -0.1) is 0 Å². The first-order valence-electron chi connectivity index (χ1n) is 6.91. The Morgan fingerprint density at radius 1 is 1.20 bits per heavy atom. The van der Waals surface area contributed by atoms with Crippen LogP contribution in [-0.2, 0) is 11.0 Å². The average Bonchev–Trinajstić information content (AvgIpc) is 2.54. The maximum atomic E-state index is 12.8. The van der Waals surface area contributed by atoms with Gasteiger partial charge in [-0.1, -0.05) is 15.9 Å². The molecule has 25 heavy (non-hydrogen) atoms. The predicted octanol–water partition coefficient (Wildman–Crippen LogP) is 3.99. The third kappa shape index (κ3) is 5.43. The summed E-state index contributed by atoms with van der Waals surface area (Å²) >= 11 is 2.79. The number of halogens is 5. The summed E-state index contributed by atoms with van der Waals surface area (Å²) in [7, 11) is 0. The molecule has 134 valence electrons. The highest BCUT2D eigenvalue weighted by atomic mass is 79.9. The van der Waals surface area contributed by atoms with Gasteiger partial charge in [-0.25, -0.2) is 4.39 Å². The largest absolute Gasteiger partial charge is 0.490 e. The van der Waals surface area contributed by atoms with Crippen LogP contribution in [0, 0.1) is 5.82 Å². The molecule has 0 radical (unpaired) electrons. The predicted molar refractivity (Wildman–Crippen MR) is 85.7 cm³/mol. The number of rotatable bonds is 5. The lowest BCUT2D eigenvalue weighted by Crippen LogP contribution is -2.33. The Morgan fingerprint density at radius 3 is 2.44 bits per heavy atom. The van der Waals surface area contributed by atoms with E-state index >= 15 is 0 Å². The Bertz CT molecular complexity index is 750. The molecular formula is C16H12BrF4NO3. The standard InChI is InChI=1S/C16H12BrF4NO3/c17-13-6-3-10(7-12(13)16(19,20)21)22-15(24)14(23)8-25-11-4-1-9(18)2-5-11/h1-7,14,23H,8H2,(H,22,24)/t14-/m0/s1. The maximum Gasteiger partial charge on any atom is 0.417 e. The Hall–Kier alpha value is -2.13. The molecule has 0 aliphatic carbocycles. The van der Waals surface area contributed by atoms with Crippen molar-refractivity contribution in [2.24, 2.45) is 0 Å². The number of anilines is 1. The molecule has 0 spiro atoms. The Kier molecular flexibility index (Phi) is 6.02. The van der Waals surface area contributed by atoms with Crippen LogP contribution in [0.5, 0.6) is 5.75 Å². The van der Waals surface area contributed by atoms with Crippen LogP contribution < -0.4 is 10.1 Å². The third-order valence-electron chi connectivity index (χ3n) is 3.06. The number of nitrogens with one attached hydrogen (secondary N) is 1. The van der Waals surface area contributed by atoms with Crippen LogP contribution in [0.1, 0.15) is 5.56 Å². The van der Waals surface area contributed by atoms with E-state index in [0.717, 1.165) is 24.3 Å². The molecule has 9 heteroatoms. The number of hydrogen-bond donors (Lipinski definition) is 2. The normalized spacial score (nSPS) is 12.6. The lowest BCUT2D eigenvalue weighted by Gasteiger charge is -2.15. The van der Waals surface area contributed by atoms with Crippen LogP contribution in [0.25, 0.3) is 0 Å². The molecule has 0 saturated heterocycles. The van der Waals surface area contributed by atoms with Crippen molar-refractivity contribution in [3.8, 4) is 5.75 Å². The summed E-state index contributed by atoms with van der Waals surface area (Å²) in [6.07, 6.45) is -6.22. The molecule has 4 nitrogen and oxygen atoms in total. The highest BCUT2D eigenvalue weighted by Gasteiger charge is 2.33. The highest BCUT2D eigenvalue weighted by molar-refractivity contribution is 9.10. The van der Waals surface area contributed by atoms with Gasteiger partial charge in [-0.05, 0) is 42.5 Å². The zero-order valence-corrected chi connectivity index (χ0v) is 14.1. The second kappa shape index (κ2) is 7.83. The van der Waals surface area contributed by atoms with Crippen molar-refractivity contribution < 1.29 is 32.2 Å². The molecule has 0 bridgehead atoms. The summed E-state index contributed by atoms with van der Waals surface area (Å²) in [5.41, 5.74) is -1.08. The number of amides is 1. The second-order valence-corrected chi connectivity index (χ2v) is 5.82. The van der Waals surface area contributed by atoms with Gasteiger partial charge >= 0.3 is 6.18 Å². The van der Waals surface area contributed by atoms with Gasteiger partial charge in [0.05, 0.1) is 5.56 Å². The van der Waals surface area contributed by atoms with Gasteiger partial charge in [0.25, 0.3) is 5.91 Å². The maximum absolute atomic E-state index is 12.8. The fourth-order valence-electron chi connectivity index (χ4n) is 1.83. The third-order valence-corrected chi connectivity index (χ3v) is 3.75. The van der Waals surface area contributed by atoms with Crippen LogP contribution in [0.2, 0.25) is 0 Å². The van der Waals surface area contributed by atoms with E-state index in [2.05, 4.69) is 21.2 Å². The van der Waals surface area contributed by atoms with Crippen molar-refractivity contribution in [1.82, 2.24) is 0 Å². The minimum atomic E-state index is -4.59. The molecule has 0 aliphatic heterocycles. The molecule has 2 aromatic carbocycles. The van der Waals surface area contributed by atoms with Crippen molar-refractivity contribution in [3.63, 3.8) is 0 Å². The van der Waals surface area contributed by atoms with Crippen LogP contribution in [-0.4, -0.2) is 23.7 Å². The summed E-state index contributed by atoms with van der Waals surface area (Å²) in [5, 5.41) is 11.9. The molecule has 0 aliphatic rings. The fraction of sp³-hybridized carbons (Fsp3) is 0.188. The zero-order valence-electron chi connectivity index (χ0n) is 12.5. The van der Waals surface area contributed by atoms with Gasteiger partial charge in [0, 0.05) is 10.2 Å². The Balaban J connectivity index is 1.98. The first-order chi connectivity index (χ1) is 11.7. The van der Waals surface area contributed by atoms with E-state index in [9.17, 15) is 27.5 Å². The molecular weight excluding hydrogens is 410 g/mol. The SMILES string of the molecule is O=C(Nc1ccc(Br)c(C(F)(F)F)c1)[C@@H](O)COc1ccc(F)cc1. The average molecular weight is 422 g/mol. The molecule has 0 fully saturated rings. The number of benzene rings is 2. The molecule has 1 atom stereocenters. The molecule has 0 saturated carbocycles. The summed E-state index contributed by atoms with van der Waals surface area (Å²) < 4.78 is 56.2. The number of aliphatic hydroxyl groups excluding tert-OH is 1. The Morgan fingerprint density at radius 2 is 1.84 bits per heavy atom. The number of ether oxygens (including phenoxy) is 1. The first-order valence-corrected chi connectivity index (χ1v) is 7.70. The van der Waals surface area contributed by atoms with Crippen LogP contribution in [0.4, 0.5) is 23.2 Å². The minimum absolute atomic E-state index is 0.124. The van der Waals surface area contributed by atoms with Gasteiger partial charge in [0.15, 0.2) is 6.10 Å². The van der Waals surface area contributed by atoms with Gasteiger partial charge in [0.1, 0.15) is 18.2 Å². The molecule has 2 N–H and O–H groups in total. The molecule has 0 unspecified atom stereocenters. The zero-order chi connectivity index (χ0) is 18.6. The van der Waals surface area contributed by atoms with Crippen LogP contribution in [0.15, 0.2) is 46.9 Å². The van der Waals surface area contributed by atoms with Crippen molar-refractivity contribution in [2.75, 3.05) is 11.9 Å². The first kappa shape index (κ1) is 19.2. The van der Waals surface area contributed by atoms with E-state index in [1.165, 1.54) is 18.2 Å². The number of carbonyl (C=O) groups is 1. The van der Waals surface area contributed by atoms with E-state index in [-0.39, 0.29) is 15.9 Å². The number of alkyl halides is 3. The van der Waals surface area contributed by atoms with Crippen molar-refractivity contribution in [2.45, 2.75) is 12.3 Å². The molecule has 0 heterocycles. The van der Waals surface area contributed by atoms with E-state index in [0.29, 0.717) is 0 Å². The smallest absolute Gasteiger partial charge is 0.417 e. The number of aliphatic hydroxyl groups is 1. The molecule has 0 aromatic heterocycles. The van der Waals surface area contributed by atoms with E-state index in [1.54, 1.807) is 0 Å². The molecule has 2 rings (SSSR count). The minimum Gasteiger partial charge on any atom is -0.490 e. The number of carbonyl (C=O) groups excluding carboxylic acids is 1. The number of hydrogen-bond acceptors (Lipinski definition) is 3. The molecule has 1 amide bonds. The highest BCUT2D eigenvalue weighted by Crippen LogP contribution is 2.36. The van der Waals surface area contributed by atoms with E-state index < -0.39 is 36.2 Å². The molecule has 2 aromatic rings. The van der Waals surface area contributed by atoms with Gasteiger partial charge in [0.2, 0.25) is 0 Å². The lowest BCUT2D eigenvalue weighted by molar-refractivity contribution is -0.138. The lowest BCUT2D eigenvalue weighted by atomic mass is 10.2. The quantitative estimate of drug-likeness (QED) is 0.717. The van der Waals surface area contributed by atoms with E-state index in [1.807, 2.05) is 0 Å². The monoisotopic (exact) mass is 421 g/mol. The van der Waals surface area contributed by atoms with Crippen molar-refractivity contribution in [1.29, 1.82) is 0 Å². The van der Waals surface area contributed by atoms with Crippen LogP contribution >= 0.6 is 15.9 Å². The van der Waals surface area contributed by atoms with Gasteiger partial charge < -0.3 is 15.2 Å². The topological polar surface area (TPSA) is 58.6 Å². The van der Waals surface area contributed by atoms with Crippen LogP contribution in [0.3, 0.4) is 0 Å². The summed E-state index contributed by atoms with van der Waals surface area (Å²) in [5.74, 6) is -1.17. The van der Waals surface area contributed by atoms with Crippen molar-refractivity contribution >= 4 is 27.5 Å². The summed E-state index contributed by atoms with van der Waals surface area (Å²) in [4.78, 5) is 11.8. The van der Waals surface area contributed by atoms with Gasteiger partial charge in [-0.3, -0.25) is 4.79 Å². The van der Waals surface area contributed by atoms with E-state index in [4.69, 9.17) is 4.74 Å².